The predicted octanol–water partition coefficient (Wildman–Crippen LogP) is 4.29. The fourth-order valence-electron chi connectivity index (χ4n) is 3.82. The van der Waals surface area contributed by atoms with Crippen LogP contribution in [0.1, 0.15) is 42.2 Å². The van der Waals surface area contributed by atoms with Crippen LogP contribution in [-0.2, 0) is 6.42 Å². The van der Waals surface area contributed by atoms with Crippen LogP contribution in [0.15, 0.2) is 78.4 Å². The first-order valence-corrected chi connectivity index (χ1v) is 8.95. The molecule has 0 aromatic heterocycles. The minimum atomic E-state index is -0.468. The summed E-state index contributed by atoms with van der Waals surface area (Å²) in [4.78, 5) is 38.2. The summed E-state index contributed by atoms with van der Waals surface area (Å²) in [6.45, 7) is 0. The Morgan fingerprint density at radius 1 is 0.750 bits per heavy atom. The van der Waals surface area contributed by atoms with Crippen molar-refractivity contribution >= 4 is 23.1 Å². The van der Waals surface area contributed by atoms with Gasteiger partial charge in [-0.05, 0) is 35.4 Å². The number of carbonyl (C=O) groups is 3. The second kappa shape index (κ2) is 6.13. The average molecular weight is 366 g/mol. The summed E-state index contributed by atoms with van der Waals surface area (Å²) in [5.74, 6) is -0.385. The number of rotatable bonds is 2. The van der Waals surface area contributed by atoms with E-state index in [1.54, 1.807) is 60.7 Å². The number of ether oxygens (including phenoxy) is 1. The van der Waals surface area contributed by atoms with Crippen molar-refractivity contribution in [2.45, 2.75) is 6.42 Å². The molecule has 0 unspecified atom stereocenters. The molecule has 5 rings (SSSR count). The van der Waals surface area contributed by atoms with E-state index in [0.29, 0.717) is 45.6 Å². The number of carbonyl (C=O) groups excluding carboxylic acids is 3. The number of ketones is 2. The van der Waals surface area contributed by atoms with Crippen LogP contribution < -0.4 is 4.74 Å². The number of allylic oxidation sites excluding steroid dienone is 2. The molecular weight excluding hydrogens is 352 g/mol. The van der Waals surface area contributed by atoms with Gasteiger partial charge in [-0.15, -0.1) is 0 Å². The molecule has 0 spiro atoms. The van der Waals surface area contributed by atoms with Gasteiger partial charge in [0.15, 0.2) is 11.6 Å². The molecule has 0 radical (unpaired) electrons. The Kier molecular flexibility index (Phi) is 3.59. The molecule has 0 N–H and O–H groups in total. The molecule has 2 aliphatic carbocycles. The van der Waals surface area contributed by atoms with Crippen molar-refractivity contribution in [1.29, 1.82) is 0 Å². The molecule has 134 valence electrons. The molecule has 4 heteroatoms. The van der Waals surface area contributed by atoms with E-state index in [2.05, 4.69) is 0 Å². The van der Waals surface area contributed by atoms with E-state index in [-0.39, 0.29) is 11.6 Å². The monoisotopic (exact) mass is 366 g/mol. The Morgan fingerprint density at radius 3 is 2.18 bits per heavy atom. The van der Waals surface area contributed by atoms with Crippen molar-refractivity contribution in [2.75, 3.05) is 0 Å². The lowest BCUT2D eigenvalue weighted by atomic mass is 9.84. The molecule has 3 aromatic rings. The van der Waals surface area contributed by atoms with Crippen molar-refractivity contribution in [3.63, 3.8) is 0 Å². The molecule has 0 aliphatic heterocycles. The summed E-state index contributed by atoms with van der Waals surface area (Å²) in [7, 11) is 0. The third kappa shape index (κ3) is 2.42. The average Bonchev–Trinajstić information content (AvgIpc) is 3.12. The third-order valence-corrected chi connectivity index (χ3v) is 5.16. The number of Topliss-reactive ketones (excluding diaryl/α,β-unsaturated/α-hetero) is 2. The summed E-state index contributed by atoms with van der Waals surface area (Å²) in [5.41, 5.74) is 3.82. The first-order chi connectivity index (χ1) is 13.6. The van der Waals surface area contributed by atoms with E-state index >= 15 is 0 Å². The predicted molar refractivity (Wildman–Crippen MR) is 104 cm³/mol. The van der Waals surface area contributed by atoms with Crippen LogP contribution in [0, 0.1) is 0 Å². The van der Waals surface area contributed by atoms with Gasteiger partial charge in [-0.3, -0.25) is 9.59 Å². The molecule has 3 aromatic carbocycles. The number of fused-ring (bicyclic) bond motifs is 3. The van der Waals surface area contributed by atoms with Gasteiger partial charge in [0, 0.05) is 28.7 Å². The molecule has 2 aliphatic rings. The Balaban J connectivity index is 1.53. The standard InChI is InChI=1S/C24H14O4/c25-22-17-8-4-5-9-18(17)23(26)21-19-13-16(11-10-15(19)12-20(21)22)28-24(27)14-6-2-1-3-7-14/h1-11,13H,12H2. The smallest absolute Gasteiger partial charge is 0.343 e. The van der Waals surface area contributed by atoms with Gasteiger partial charge in [0.25, 0.3) is 0 Å². The summed E-state index contributed by atoms with van der Waals surface area (Å²) < 4.78 is 5.48. The highest BCUT2D eigenvalue weighted by molar-refractivity contribution is 6.41. The van der Waals surface area contributed by atoms with E-state index in [4.69, 9.17) is 4.74 Å². The first kappa shape index (κ1) is 16.4. The summed E-state index contributed by atoms with van der Waals surface area (Å²) in [6.07, 6.45) is 0.413. The van der Waals surface area contributed by atoms with Gasteiger partial charge < -0.3 is 4.74 Å². The van der Waals surface area contributed by atoms with Gasteiger partial charge in [-0.1, -0.05) is 48.5 Å². The molecule has 0 fully saturated rings. The summed E-state index contributed by atoms with van der Waals surface area (Å²) in [5, 5.41) is 0. The number of hydrogen-bond acceptors (Lipinski definition) is 4. The lowest BCUT2D eigenvalue weighted by Gasteiger charge is -2.16. The molecule has 0 bridgehead atoms. The molecule has 0 saturated carbocycles. The van der Waals surface area contributed by atoms with Gasteiger partial charge in [0.1, 0.15) is 5.75 Å². The van der Waals surface area contributed by atoms with Crippen LogP contribution in [0.4, 0.5) is 0 Å². The lowest BCUT2D eigenvalue weighted by Crippen LogP contribution is -2.19. The quantitative estimate of drug-likeness (QED) is 0.501. The summed E-state index contributed by atoms with van der Waals surface area (Å²) >= 11 is 0. The molecule has 0 heterocycles. The lowest BCUT2D eigenvalue weighted by molar-refractivity contribution is 0.0734. The van der Waals surface area contributed by atoms with Crippen molar-refractivity contribution in [1.82, 2.24) is 0 Å². The minimum absolute atomic E-state index is 0.107. The molecule has 28 heavy (non-hydrogen) atoms. The van der Waals surface area contributed by atoms with Crippen LogP contribution >= 0.6 is 0 Å². The van der Waals surface area contributed by atoms with Crippen LogP contribution in [0.3, 0.4) is 0 Å². The molecule has 0 atom stereocenters. The van der Waals surface area contributed by atoms with Crippen LogP contribution in [0.2, 0.25) is 0 Å². The van der Waals surface area contributed by atoms with Gasteiger partial charge in [0.2, 0.25) is 0 Å². The van der Waals surface area contributed by atoms with Crippen molar-refractivity contribution in [2.24, 2.45) is 0 Å². The molecular formula is C24H14O4. The van der Waals surface area contributed by atoms with Crippen LogP contribution in [0.25, 0.3) is 5.57 Å². The van der Waals surface area contributed by atoms with Crippen LogP contribution in [0.5, 0.6) is 5.75 Å². The van der Waals surface area contributed by atoms with Crippen molar-refractivity contribution < 1.29 is 19.1 Å². The van der Waals surface area contributed by atoms with Gasteiger partial charge >= 0.3 is 5.97 Å². The summed E-state index contributed by atoms with van der Waals surface area (Å²) in [6, 6.07) is 20.8. The Labute approximate surface area is 161 Å². The fourth-order valence-corrected chi connectivity index (χ4v) is 3.82. The van der Waals surface area contributed by atoms with Gasteiger partial charge in [-0.2, -0.15) is 0 Å². The minimum Gasteiger partial charge on any atom is -0.423 e. The van der Waals surface area contributed by atoms with E-state index in [0.717, 1.165) is 5.56 Å². The van der Waals surface area contributed by atoms with Crippen molar-refractivity contribution in [3.8, 4) is 5.75 Å². The number of hydrogen-bond donors (Lipinski definition) is 0. The highest BCUT2D eigenvalue weighted by atomic mass is 16.5. The van der Waals surface area contributed by atoms with Gasteiger partial charge in [-0.25, -0.2) is 4.79 Å². The SMILES string of the molecule is O=C(Oc1ccc2c(c1)C1=C(C2)C(=O)c2ccccc2C1=O)c1ccccc1. The fraction of sp³-hybridized carbons (Fsp3) is 0.0417. The maximum atomic E-state index is 13.0. The Morgan fingerprint density at radius 2 is 1.43 bits per heavy atom. The van der Waals surface area contributed by atoms with Crippen molar-refractivity contribution in [3.05, 3.63) is 106 Å². The normalized spacial score (nSPS) is 14.4. The second-order valence-corrected chi connectivity index (χ2v) is 6.81. The Bertz CT molecular complexity index is 1200. The second-order valence-electron chi connectivity index (χ2n) is 6.81. The topological polar surface area (TPSA) is 60.4 Å². The molecule has 0 saturated heterocycles. The molecule has 0 amide bonds. The van der Waals surface area contributed by atoms with Gasteiger partial charge in [0.05, 0.1) is 5.56 Å². The highest BCUT2D eigenvalue weighted by Gasteiger charge is 2.37. The number of benzene rings is 3. The Hall–Kier alpha value is -3.79. The third-order valence-electron chi connectivity index (χ3n) is 5.16. The van der Waals surface area contributed by atoms with E-state index in [1.165, 1.54) is 0 Å². The molecule has 4 nitrogen and oxygen atoms in total. The maximum absolute atomic E-state index is 13.0. The highest BCUT2D eigenvalue weighted by Crippen LogP contribution is 2.42. The zero-order chi connectivity index (χ0) is 19.3. The maximum Gasteiger partial charge on any atom is 0.343 e. The van der Waals surface area contributed by atoms with E-state index in [1.807, 2.05) is 12.1 Å². The first-order valence-electron chi connectivity index (χ1n) is 8.95. The zero-order valence-corrected chi connectivity index (χ0v) is 14.8. The number of esters is 1. The largest absolute Gasteiger partial charge is 0.423 e. The zero-order valence-electron chi connectivity index (χ0n) is 14.8. The van der Waals surface area contributed by atoms with E-state index in [9.17, 15) is 14.4 Å². The van der Waals surface area contributed by atoms with Crippen LogP contribution in [-0.4, -0.2) is 17.5 Å². The van der Waals surface area contributed by atoms with E-state index < -0.39 is 5.97 Å².